The first kappa shape index (κ1) is 16.2. The van der Waals surface area contributed by atoms with E-state index in [4.69, 9.17) is 16.6 Å². The van der Waals surface area contributed by atoms with Gasteiger partial charge in [-0.1, -0.05) is 60.7 Å². The smallest absolute Gasteiger partial charge is 0.326 e. The van der Waals surface area contributed by atoms with Crippen LogP contribution in [-0.2, 0) is 16.9 Å². The number of nitrogens with one attached hydrogen (secondary N) is 2. The van der Waals surface area contributed by atoms with Gasteiger partial charge in [-0.3, -0.25) is 9.69 Å². The van der Waals surface area contributed by atoms with Crippen molar-refractivity contribution in [3.8, 4) is 0 Å². The summed E-state index contributed by atoms with van der Waals surface area (Å²) in [4.78, 5) is 27.2. The molecular formula is C18H14N4O3S. The van der Waals surface area contributed by atoms with Gasteiger partial charge in [-0.15, -0.1) is 5.10 Å². The van der Waals surface area contributed by atoms with Crippen molar-refractivity contribution in [2.45, 2.75) is 12.1 Å². The molecule has 1 aromatic heterocycles. The maximum absolute atomic E-state index is 13.4. The van der Waals surface area contributed by atoms with Crippen molar-refractivity contribution in [3.05, 3.63) is 82.5 Å². The summed E-state index contributed by atoms with van der Waals surface area (Å²) in [6, 6.07) is 17.8. The highest BCUT2D eigenvalue weighted by Gasteiger charge is 2.53. The van der Waals surface area contributed by atoms with E-state index < -0.39 is 17.5 Å². The minimum atomic E-state index is -1.30. The van der Waals surface area contributed by atoms with Crippen molar-refractivity contribution in [2.24, 2.45) is 0 Å². The van der Waals surface area contributed by atoms with Crippen molar-refractivity contribution in [3.63, 3.8) is 0 Å². The minimum Gasteiger partial charge on any atom is -0.412 e. The molecule has 0 unspecified atom stereocenters. The Morgan fingerprint density at radius 1 is 1.00 bits per heavy atom. The van der Waals surface area contributed by atoms with E-state index in [-0.39, 0.29) is 17.3 Å². The lowest BCUT2D eigenvalue weighted by Crippen LogP contribution is -2.45. The molecule has 0 saturated carbocycles. The maximum atomic E-state index is 13.4. The van der Waals surface area contributed by atoms with Gasteiger partial charge in [0.1, 0.15) is 6.54 Å². The number of hydrogen-bond acceptors (Lipinski definition) is 5. The fourth-order valence-corrected chi connectivity index (χ4v) is 3.26. The number of urea groups is 1. The van der Waals surface area contributed by atoms with E-state index in [0.29, 0.717) is 11.1 Å². The number of aromatic nitrogens is 2. The second kappa shape index (κ2) is 6.23. The molecule has 0 spiro atoms. The number of rotatable bonds is 4. The molecule has 2 aromatic carbocycles. The van der Waals surface area contributed by atoms with Crippen LogP contribution in [0.5, 0.6) is 0 Å². The van der Waals surface area contributed by atoms with Crippen LogP contribution < -0.4 is 5.32 Å². The van der Waals surface area contributed by atoms with E-state index in [0.717, 1.165) is 4.90 Å². The van der Waals surface area contributed by atoms with Gasteiger partial charge in [-0.2, -0.15) is 0 Å². The van der Waals surface area contributed by atoms with Gasteiger partial charge in [0.15, 0.2) is 5.54 Å². The summed E-state index contributed by atoms with van der Waals surface area (Å²) in [7, 11) is 0. The van der Waals surface area contributed by atoms with Crippen LogP contribution in [0, 0.1) is 4.84 Å². The van der Waals surface area contributed by atoms with Crippen LogP contribution in [0.4, 0.5) is 4.79 Å². The van der Waals surface area contributed by atoms with Crippen molar-refractivity contribution < 1.29 is 14.0 Å². The normalized spacial score (nSPS) is 15.9. The summed E-state index contributed by atoms with van der Waals surface area (Å²) in [5, 5.41) is 9.22. The van der Waals surface area contributed by atoms with E-state index in [9.17, 15) is 9.59 Å². The first-order valence-electron chi connectivity index (χ1n) is 7.91. The number of aromatic amines is 1. The molecule has 0 aliphatic carbocycles. The van der Waals surface area contributed by atoms with E-state index in [1.807, 2.05) is 60.7 Å². The third kappa shape index (κ3) is 2.51. The predicted molar refractivity (Wildman–Crippen MR) is 94.4 cm³/mol. The minimum absolute atomic E-state index is 0.0874. The van der Waals surface area contributed by atoms with Gasteiger partial charge in [0.2, 0.25) is 5.89 Å². The van der Waals surface area contributed by atoms with Crippen molar-refractivity contribution in [1.82, 2.24) is 20.4 Å². The Morgan fingerprint density at radius 2 is 1.58 bits per heavy atom. The van der Waals surface area contributed by atoms with Gasteiger partial charge in [0.25, 0.3) is 10.7 Å². The number of carbonyl (C=O) groups is 2. The first-order chi connectivity index (χ1) is 12.6. The van der Waals surface area contributed by atoms with Crippen LogP contribution in [-0.4, -0.2) is 27.0 Å². The standard InChI is InChI=1S/C18H14N4O3S/c23-15-18(12-7-3-1-4-8-12,13-9-5-2-6-10-13)19-16(24)22(15)11-14-20-21-17(26)25-14/h1-10H,11H2,(H,19,24)(H,21,26). The lowest BCUT2D eigenvalue weighted by molar-refractivity contribution is -0.130. The number of amides is 3. The molecule has 0 bridgehead atoms. The van der Waals surface area contributed by atoms with Gasteiger partial charge >= 0.3 is 6.03 Å². The zero-order valence-electron chi connectivity index (χ0n) is 13.5. The Bertz CT molecular complexity index is 974. The van der Waals surface area contributed by atoms with Crippen molar-refractivity contribution in [2.75, 3.05) is 0 Å². The number of hydrogen-bond donors (Lipinski definition) is 2. The molecule has 1 aliphatic heterocycles. The number of carbonyl (C=O) groups excluding carboxylic acids is 2. The largest absolute Gasteiger partial charge is 0.412 e. The van der Waals surface area contributed by atoms with E-state index >= 15 is 0 Å². The van der Waals surface area contributed by atoms with Crippen molar-refractivity contribution >= 4 is 24.2 Å². The first-order valence-corrected chi connectivity index (χ1v) is 8.31. The summed E-state index contributed by atoms with van der Waals surface area (Å²) < 4.78 is 5.20. The molecule has 2 N–H and O–H groups in total. The van der Waals surface area contributed by atoms with Gasteiger partial charge in [-0.05, 0) is 23.3 Å². The Balaban J connectivity index is 1.81. The molecule has 8 heteroatoms. The number of H-pyrrole nitrogens is 1. The lowest BCUT2D eigenvalue weighted by atomic mass is 9.82. The van der Waals surface area contributed by atoms with Crippen LogP contribution in [0.2, 0.25) is 0 Å². The third-order valence-corrected chi connectivity index (χ3v) is 4.47. The van der Waals surface area contributed by atoms with Crippen LogP contribution in [0.1, 0.15) is 17.0 Å². The maximum Gasteiger partial charge on any atom is 0.326 e. The van der Waals surface area contributed by atoms with Gasteiger partial charge < -0.3 is 9.73 Å². The Kier molecular flexibility index (Phi) is 3.89. The highest BCUT2D eigenvalue weighted by Crippen LogP contribution is 2.36. The second-order valence-corrected chi connectivity index (χ2v) is 6.18. The van der Waals surface area contributed by atoms with Crippen LogP contribution >= 0.6 is 12.2 Å². The van der Waals surface area contributed by atoms with Crippen LogP contribution in [0.3, 0.4) is 0 Å². The van der Waals surface area contributed by atoms with E-state index in [1.54, 1.807) is 0 Å². The SMILES string of the molecule is O=C1NC(c2ccccc2)(c2ccccc2)C(=O)N1Cc1n[nH]c(=S)o1. The fraction of sp³-hybridized carbons (Fsp3) is 0.111. The summed E-state index contributed by atoms with van der Waals surface area (Å²) in [6.45, 7) is -0.112. The van der Waals surface area contributed by atoms with Gasteiger partial charge in [0, 0.05) is 0 Å². The van der Waals surface area contributed by atoms with Crippen molar-refractivity contribution in [1.29, 1.82) is 0 Å². The Hall–Kier alpha value is -3.26. The van der Waals surface area contributed by atoms with Gasteiger partial charge in [-0.25, -0.2) is 9.89 Å². The quantitative estimate of drug-likeness (QED) is 0.547. The number of benzene rings is 2. The summed E-state index contributed by atoms with van der Waals surface area (Å²) >= 11 is 4.84. The molecule has 0 radical (unpaired) electrons. The molecule has 1 aliphatic rings. The highest BCUT2D eigenvalue weighted by molar-refractivity contribution is 7.71. The molecule has 7 nitrogen and oxygen atoms in total. The fourth-order valence-electron chi connectivity index (χ4n) is 3.12. The van der Waals surface area contributed by atoms with Crippen LogP contribution in [0.25, 0.3) is 0 Å². The van der Waals surface area contributed by atoms with E-state index in [1.165, 1.54) is 0 Å². The molecule has 1 saturated heterocycles. The average Bonchev–Trinajstić information content (AvgIpc) is 3.20. The lowest BCUT2D eigenvalue weighted by Gasteiger charge is -2.27. The molecule has 3 amide bonds. The Morgan fingerprint density at radius 3 is 2.08 bits per heavy atom. The molecular weight excluding hydrogens is 352 g/mol. The van der Waals surface area contributed by atoms with E-state index in [2.05, 4.69) is 15.5 Å². The predicted octanol–water partition coefficient (Wildman–Crippen LogP) is 2.73. The second-order valence-electron chi connectivity index (χ2n) is 5.81. The Labute approximate surface area is 153 Å². The summed E-state index contributed by atoms with van der Waals surface area (Å²) in [6.07, 6.45) is 0. The summed E-state index contributed by atoms with van der Waals surface area (Å²) in [5.74, 6) is -0.237. The third-order valence-electron chi connectivity index (χ3n) is 4.29. The van der Waals surface area contributed by atoms with Crippen LogP contribution in [0.15, 0.2) is 65.1 Å². The molecule has 130 valence electrons. The zero-order valence-corrected chi connectivity index (χ0v) is 14.3. The topological polar surface area (TPSA) is 91.2 Å². The molecule has 3 aromatic rings. The molecule has 0 atom stereocenters. The monoisotopic (exact) mass is 366 g/mol. The van der Waals surface area contributed by atoms with Gasteiger partial charge in [0.05, 0.1) is 0 Å². The molecule has 2 heterocycles. The molecule has 4 rings (SSSR count). The number of imide groups is 1. The average molecular weight is 366 g/mol. The molecule has 26 heavy (non-hydrogen) atoms. The summed E-state index contributed by atoms with van der Waals surface area (Å²) in [5.41, 5.74) is 0.0529. The highest BCUT2D eigenvalue weighted by atomic mass is 32.1. The number of nitrogens with zero attached hydrogens (tertiary/aromatic N) is 2. The zero-order chi connectivity index (χ0) is 18.1. The molecule has 1 fully saturated rings.